The van der Waals surface area contributed by atoms with Crippen molar-refractivity contribution in [3.63, 3.8) is 0 Å². The maximum Gasteiger partial charge on any atom is 0.0656 e. The van der Waals surface area contributed by atoms with Crippen molar-refractivity contribution in [3.05, 3.63) is 57.6 Å². The van der Waals surface area contributed by atoms with E-state index in [1.54, 1.807) is 0 Å². The Morgan fingerprint density at radius 2 is 1.79 bits per heavy atom. The molecule has 0 aliphatic carbocycles. The predicted octanol–water partition coefficient (Wildman–Crippen LogP) is 4.54. The smallest absolute Gasteiger partial charge is 0.0656 e. The lowest BCUT2D eigenvalue weighted by Gasteiger charge is -2.11. The van der Waals surface area contributed by atoms with E-state index in [9.17, 15) is 0 Å². The largest absolute Gasteiger partial charge is 0.398 e. The quantitative estimate of drug-likeness (QED) is 0.813. The highest BCUT2D eigenvalue weighted by Gasteiger charge is 2.03. The monoisotopic (exact) mass is 294 g/mol. The van der Waals surface area contributed by atoms with E-state index in [0.717, 1.165) is 29.2 Å². The molecular formula is C15H16Cl2N2. The van der Waals surface area contributed by atoms with Crippen LogP contribution in [-0.4, -0.2) is 6.54 Å². The third-order valence-corrected chi connectivity index (χ3v) is 3.57. The Balaban J connectivity index is 1.96. The molecule has 0 amide bonds. The average Bonchev–Trinajstić information content (AvgIpc) is 2.38. The number of halogens is 2. The summed E-state index contributed by atoms with van der Waals surface area (Å²) in [6.07, 6.45) is 0.929. The fourth-order valence-corrected chi connectivity index (χ4v) is 2.18. The Kier molecular flexibility index (Phi) is 4.56. The molecule has 0 heterocycles. The highest BCUT2D eigenvalue weighted by molar-refractivity contribution is 6.33. The van der Waals surface area contributed by atoms with Crippen LogP contribution in [0.1, 0.15) is 11.1 Å². The molecule has 4 heteroatoms. The highest BCUT2D eigenvalue weighted by Crippen LogP contribution is 2.26. The van der Waals surface area contributed by atoms with Crippen LogP contribution in [0.5, 0.6) is 0 Å². The molecule has 0 saturated heterocycles. The molecule has 0 atom stereocenters. The van der Waals surface area contributed by atoms with Crippen molar-refractivity contribution in [1.29, 1.82) is 0 Å². The van der Waals surface area contributed by atoms with Crippen LogP contribution in [0.15, 0.2) is 36.4 Å². The fourth-order valence-electron chi connectivity index (χ4n) is 1.89. The van der Waals surface area contributed by atoms with Crippen LogP contribution in [0, 0.1) is 6.92 Å². The Morgan fingerprint density at radius 1 is 1.11 bits per heavy atom. The van der Waals surface area contributed by atoms with Gasteiger partial charge in [-0.2, -0.15) is 0 Å². The first kappa shape index (κ1) is 14.0. The van der Waals surface area contributed by atoms with E-state index in [1.807, 2.05) is 43.3 Å². The van der Waals surface area contributed by atoms with Gasteiger partial charge in [-0.3, -0.25) is 0 Å². The summed E-state index contributed by atoms with van der Waals surface area (Å²) >= 11 is 11.9. The van der Waals surface area contributed by atoms with Gasteiger partial charge in [0.05, 0.1) is 10.7 Å². The molecule has 2 nitrogen and oxygen atoms in total. The van der Waals surface area contributed by atoms with Crippen molar-refractivity contribution in [2.24, 2.45) is 0 Å². The first-order valence-electron chi connectivity index (χ1n) is 6.10. The second kappa shape index (κ2) is 6.18. The minimum Gasteiger partial charge on any atom is -0.398 e. The normalized spacial score (nSPS) is 10.5. The van der Waals surface area contributed by atoms with Crippen LogP contribution in [0.4, 0.5) is 11.4 Å². The number of rotatable bonds is 4. The van der Waals surface area contributed by atoms with E-state index < -0.39 is 0 Å². The maximum absolute atomic E-state index is 6.02. The first-order chi connectivity index (χ1) is 9.06. The summed E-state index contributed by atoms with van der Waals surface area (Å²) in [5, 5.41) is 4.72. The van der Waals surface area contributed by atoms with Gasteiger partial charge in [0, 0.05) is 17.3 Å². The second-order valence-corrected chi connectivity index (χ2v) is 5.34. The zero-order chi connectivity index (χ0) is 13.8. The maximum atomic E-state index is 6.02. The Bertz CT molecular complexity index is 565. The van der Waals surface area contributed by atoms with Gasteiger partial charge in [0.15, 0.2) is 0 Å². The van der Waals surface area contributed by atoms with E-state index in [0.29, 0.717) is 10.7 Å². The van der Waals surface area contributed by atoms with Crippen molar-refractivity contribution in [3.8, 4) is 0 Å². The predicted molar refractivity (Wildman–Crippen MR) is 84.2 cm³/mol. The van der Waals surface area contributed by atoms with Crippen molar-refractivity contribution < 1.29 is 0 Å². The number of nitrogens with one attached hydrogen (secondary N) is 1. The number of nitrogen functional groups attached to an aromatic ring is 1. The van der Waals surface area contributed by atoms with Crippen molar-refractivity contribution in [2.45, 2.75) is 13.3 Å². The number of hydrogen-bond donors (Lipinski definition) is 2. The summed E-state index contributed by atoms with van der Waals surface area (Å²) in [6, 6.07) is 11.6. The number of benzene rings is 2. The van der Waals surface area contributed by atoms with Crippen LogP contribution in [0.2, 0.25) is 10.0 Å². The molecule has 0 saturated carbocycles. The standard InChI is InChI=1S/C15H16Cl2N2/c1-10-8-14(18)13(17)9-15(10)19-7-6-11-2-4-12(16)5-3-11/h2-5,8-9,19H,6-7,18H2,1H3. The average molecular weight is 295 g/mol. The van der Waals surface area contributed by atoms with Gasteiger partial charge >= 0.3 is 0 Å². The topological polar surface area (TPSA) is 38.0 Å². The van der Waals surface area contributed by atoms with Gasteiger partial charge in [-0.25, -0.2) is 0 Å². The van der Waals surface area contributed by atoms with Crippen LogP contribution in [-0.2, 0) is 6.42 Å². The molecular weight excluding hydrogens is 279 g/mol. The minimum atomic E-state index is 0.583. The van der Waals surface area contributed by atoms with Crippen LogP contribution in [0.25, 0.3) is 0 Å². The number of hydrogen-bond acceptors (Lipinski definition) is 2. The Morgan fingerprint density at radius 3 is 2.47 bits per heavy atom. The molecule has 0 aliphatic rings. The van der Waals surface area contributed by atoms with E-state index in [-0.39, 0.29) is 0 Å². The molecule has 2 aromatic carbocycles. The number of anilines is 2. The lowest BCUT2D eigenvalue weighted by Crippen LogP contribution is -2.06. The minimum absolute atomic E-state index is 0.583. The molecule has 0 aliphatic heterocycles. The van der Waals surface area contributed by atoms with Crippen molar-refractivity contribution in [2.75, 3.05) is 17.6 Å². The summed E-state index contributed by atoms with van der Waals surface area (Å²) in [5.74, 6) is 0. The van der Waals surface area contributed by atoms with Gasteiger partial charge in [0.2, 0.25) is 0 Å². The SMILES string of the molecule is Cc1cc(N)c(Cl)cc1NCCc1ccc(Cl)cc1. The van der Waals surface area contributed by atoms with Gasteiger partial charge in [-0.15, -0.1) is 0 Å². The molecule has 0 unspecified atom stereocenters. The molecule has 0 radical (unpaired) electrons. The highest BCUT2D eigenvalue weighted by atomic mass is 35.5. The Hall–Kier alpha value is -1.38. The van der Waals surface area contributed by atoms with E-state index in [4.69, 9.17) is 28.9 Å². The molecule has 100 valence electrons. The molecule has 0 fully saturated rings. The molecule has 2 aromatic rings. The fraction of sp³-hybridized carbons (Fsp3) is 0.200. The van der Waals surface area contributed by atoms with Gasteiger partial charge < -0.3 is 11.1 Å². The van der Waals surface area contributed by atoms with E-state index in [1.165, 1.54) is 5.56 Å². The van der Waals surface area contributed by atoms with Gasteiger partial charge in [-0.1, -0.05) is 35.3 Å². The van der Waals surface area contributed by atoms with E-state index >= 15 is 0 Å². The van der Waals surface area contributed by atoms with Crippen molar-refractivity contribution >= 4 is 34.6 Å². The molecule has 0 bridgehead atoms. The summed E-state index contributed by atoms with van der Waals surface area (Å²) in [5.41, 5.74) is 9.73. The van der Waals surface area contributed by atoms with Gasteiger partial charge in [-0.05, 0) is 48.7 Å². The van der Waals surface area contributed by atoms with E-state index in [2.05, 4.69) is 5.32 Å². The van der Waals surface area contributed by atoms with Crippen molar-refractivity contribution in [1.82, 2.24) is 0 Å². The molecule has 0 aromatic heterocycles. The summed E-state index contributed by atoms with van der Waals surface area (Å²) in [6.45, 7) is 2.85. The second-order valence-electron chi connectivity index (χ2n) is 4.49. The third-order valence-electron chi connectivity index (χ3n) is 2.99. The van der Waals surface area contributed by atoms with Crippen LogP contribution in [0.3, 0.4) is 0 Å². The number of nitrogens with two attached hydrogens (primary N) is 1. The number of aryl methyl sites for hydroxylation is 1. The molecule has 2 rings (SSSR count). The lowest BCUT2D eigenvalue weighted by atomic mass is 10.1. The summed E-state index contributed by atoms with van der Waals surface area (Å²) in [7, 11) is 0. The zero-order valence-corrected chi connectivity index (χ0v) is 12.2. The zero-order valence-electron chi connectivity index (χ0n) is 10.7. The summed E-state index contributed by atoms with van der Waals surface area (Å²) in [4.78, 5) is 0. The summed E-state index contributed by atoms with van der Waals surface area (Å²) < 4.78 is 0. The third kappa shape index (κ3) is 3.79. The Labute approximate surface area is 123 Å². The molecule has 19 heavy (non-hydrogen) atoms. The van der Waals surface area contributed by atoms with Gasteiger partial charge in [0.25, 0.3) is 0 Å². The van der Waals surface area contributed by atoms with Crippen LogP contribution >= 0.6 is 23.2 Å². The van der Waals surface area contributed by atoms with Gasteiger partial charge in [0.1, 0.15) is 0 Å². The molecule has 0 spiro atoms. The first-order valence-corrected chi connectivity index (χ1v) is 6.86. The molecule has 3 N–H and O–H groups in total. The van der Waals surface area contributed by atoms with Crippen LogP contribution < -0.4 is 11.1 Å². The lowest BCUT2D eigenvalue weighted by molar-refractivity contribution is 1.02.